The average Bonchev–Trinajstić information content (AvgIpc) is 2.74. The van der Waals surface area contributed by atoms with Crippen LogP contribution in [0.15, 0.2) is 83.1 Å². The van der Waals surface area contributed by atoms with E-state index in [0.29, 0.717) is 0 Å². The van der Waals surface area contributed by atoms with Crippen molar-refractivity contribution in [3.05, 3.63) is 83.9 Å². The summed E-state index contributed by atoms with van der Waals surface area (Å²) in [4.78, 5) is 0. The molecule has 0 radical (unpaired) electrons. The van der Waals surface area contributed by atoms with Crippen molar-refractivity contribution in [3.8, 4) is 0 Å². The van der Waals surface area contributed by atoms with E-state index in [4.69, 9.17) is 0 Å². The quantitative estimate of drug-likeness (QED) is 0.177. The Hall–Kier alpha value is -3.92. The summed E-state index contributed by atoms with van der Waals surface area (Å²) >= 11 is 0. The van der Waals surface area contributed by atoms with E-state index < -0.39 is 0 Å². The zero-order valence-corrected chi connectivity index (χ0v) is 14.9. The minimum Gasteiger partial charge on any atom is -0.411 e. The van der Waals surface area contributed by atoms with E-state index in [1.807, 2.05) is 24.3 Å². The molecule has 0 spiro atoms. The van der Waals surface area contributed by atoms with Crippen molar-refractivity contribution < 1.29 is 10.4 Å². The van der Waals surface area contributed by atoms with Crippen LogP contribution in [0.2, 0.25) is 0 Å². The highest BCUT2D eigenvalue weighted by Crippen LogP contribution is 2.36. The first-order valence-electron chi connectivity index (χ1n) is 8.96. The zero-order chi connectivity index (χ0) is 19.1. The van der Waals surface area contributed by atoms with E-state index in [2.05, 4.69) is 58.8 Å². The van der Waals surface area contributed by atoms with Gasteiger partial charge in [-0.15, -0.1) is 0 Å². The first-order chi connectivity index (χ1) is 13.8. The Kier molecular flexibility index (Phi) is 3.69. The average molecular weight is 364 g/mol. The molecule has 0 aliphatic rings. The second-order valence-corrected chi connectivity index (χ2v) is 6.81. The molecule has 0 unspecified atom stereocenters. The van der Waals surface area contributed by atoms with Gasteiger partial charge in [0.15, 0.2) is 0 Å². The Balaban J connectivity index is 2.09. The highest BCUT2D eigenvalue weighted by Gasteiger charge is 2.14. The first kappa shape index (κ1) is 16.3. The van der Waals surface area contributed by atoms with E-state index in [1.54, 1.807) is 0 Å². The summed E-state index contributed by atoms with van der Waals surface area (Å²) in [6, 6.07) is 24.6. The lowest BCUT2D eigenvalue weighted by Crippen LogP contribution is -1.96. The van der Waals surface area contributed by atoms with Crippen molar-refractivity contribution in [3.63, 3.8) is 0 Å². The summed E-state index contributed by atoms with van der Waals surface area (Å²) in [6.45, 7) is 0. The second-order valence-electron chi connectivity index (χ2n) is 6.81. The van der Waals surface area contributed by atoms with Crippen LogP contribution in [0.4, 0.5) is 0 Å². The fourth-order valence-electron chi connectivity index (χ4n) is 4.06. The minimum absolute atomic E-state index is 0.832. The van der Waals surface area contributed by atoms with Crippen LogP contribution in [0.3, 0.4) is 0 Å². The number of nitrogens with zero attached hydrogens (tertiary/aromatic N) is 2. The molecule has 28 heavy (non-hydrogen) atoms. The third-order valence-electron chi connectivity index (χ3n) is 5.31. The number of benzene rings is 5. The Morgan fingerprint density at radius 1 is 0.500 bits per heavy atom. The molecule has 134 valence electrons. The van der Waals surface area contributed by atoms with E-state index >= 15 is 0 Å². The Morgan fingerprint density at radius 2 is 0.786 bits per heavy atom. The van der Waals surface area contributed by atoms with Crippen LogP contribution >= 0.6 is 0 Å². The van der Waals surface area contributed by atoms with Crippen molar-refractivity contribution in [2.45, 2.75) is 0 Å². The van der Waals surface area contributed by atoms with E-state index in [0.717, 1.165) is 54.2 Å². The van der Waals surface area contributed by atoms with Crippen molar-refractivity contribution in [2.24, 2.45) is 10.3 Å². The van der Waals surface area contributed by atoms with Crippen LogP contribution in [-0.4, -0.2) is 22.8 Å². The normalized spacial score (nSPS) is 12.3. The maximum Gasteiger partial charge on any atom is 0.0746 e. The molecule has 5 rings (SSSR count). The molecule has 0 saturated heterocycles. The Morgan fingerprint density at radius 3 is 1.04 bits per heavy atom. The van der Waals surface area contributed by atoms with E-state index in [-0.39, 0.29) is 0 Å². The molecule has 0 aliphatic carbocycles. The van der Waals surface area contributed by atoms with Crippen LogP contribution < -0.4 is 0 Å². The Labute approximate surface area is 160 Å². The van der Waals surface area contributed by atoms with E-state index in [1.165, 1.54) is 12.4 Å². The van der Waals surface area contributed by atoms with Crippen LogP contribution in [0.25, 0.3) is 43.1 Å². The third-order valence-corrected chi connectivity index (χ3v) is 5.31. The number of hydrogen-bond acceptors (Lipinski definition) is 4. The second kappa shape index (κ2) is 6.35. The van der Waals surface area contributed by atoms with Crippen molar-refractivity contribution in [1.29, 1.82) is 0 Å². The van der Waals surface area contributed by atoms with Gasteiger partial charge in [0, 0.05) is 11.1 Å². The largest absolute Gasteiger partial charge is 0.411 e. The zero-order valence-electron chi connectivity index (χ0n) is 14.9. The molecule has 4 heteroatoms. The van der Waals surface area contributed by atoms with Gasteiger partial charge >= 0.3 is 0 Å². The molecular weight excluding hydrogens is 348 g/mol. The lowest BCUT2D eigenvalue weighted by molar-refractivity contribution is 0.321. The van der Waals surface area contributed by atoms with Crippen molar-refractivity contribution >= 4 is 55.5 Å². The molecule has 0 heterocycles. The number of oxime groups is 2. The molecular formula is C24H16N2O2. The maximum atomic E-state index is 9.34. The molecule has 5 aromatic carbocycles. The van der Waals surface area contributed by atoms with Gasteiger partial charge in [0.2, 0.25) is 0 Å². The van der Waals surface area contributed by atoms with Gasteiger partial charge < -0.3 is 10.4 Å². The summed E-state index contributed by atoms with van der Waals surface area (Å²) in [5.74, 6) is 0. The highest BCUT2D eigenvalue weighted by molar-refractivity contribution is 6.24. The number of rotatable bonds is 2. The third kappa shape index (κ3) is 2.39. The van der Waals surface area contributed by atoms with E-state index in [9.17, 15) is 10.4 Å². The Bertz CT molecular complexity index is 1230. The SMILES string of the molecule is O/N=C\c1c2cc3ccccc3cc2c(/C=N/O)c2cc3ccccc3cc12. The molecule has 0 atom stereocenters. The molecule has 0 bridgehead atoms. The monoisotopic (exact) mass is 364 g/mol. The smallest absolute Gasteiger partial charge is 0.0746 e. The van der Waals surface area contributed by atoms with Crippen LogP contribution in [0.5, 0.6) is 0 Å². The molecule has 0 fully saturated rings. The van der Waals surface area contributed by atoms with Crippen molar-refractivity contribution in [2.75, 3.05) is 0 Å². The summed E-state index contributed by atoms with van der Waals surface area (Å²) in [5.41, 5.74) is 1.66. The fraction of sp³-hybridized carbons (Fsp3) is 0. The highest BCUT2D eigenvalue weighted by atomic mass is 16.4. The van der Waals surface area contributed by atoms with Crippen LogP contribution in [-0.2, 0) is 0 Å². The lowest BCUT2D eigenvalue weighted by atomic mass is 9.89. The molecule has 2 N–H and O–H groups in total. The van der Waals surface area contributed by atoms with Crippen LogP contribution in [0, 0.1) is 0 Å². The molecule has 0 aromatic heterocycles. The van der Waals surface area contributed by atoms with Gasteiger partial charge in [-0.25, -0.2) is 0 Å². The molecule has 5 aromatic rings. The first-order valence-corrected chi connectivity index (χ1v) is 8.96. The fourth-order valence-corrected chi connectivity index (χ4v) is 4.06. The molecule has 0 amide bonds. The van der Waals surface area contributed by atoms with Gasteiger partial charge in [0.1, 0.15) is 0 Å². The van der Waals surface area contributed by atoms with Gasteiger partial charge in [-0.2, -0.15) is 0 Å². The predicted octanol–water partition coefficient (Wildman–Crippen LogP) is 5.92. The summed E-state index contributed by atoms with van der Waals surface area (Å²) in [6.07, 6.45) is 2.96. The van der Waals surface area contributed by atoms with Crippen molar-refractivity contribution in [1.82, 2.24) is 0 Å². The van der Waals surface area contributed by atoms with Gasteiger partial charge in [-0.3, -0.25) is 0 Å². The van der Waals surface area contributed by atoms with Crippen LogP contribution in [0.1, 0.15) is 11.1 Å². The summed E-state index contributed by atoms with van der Waals surface area (Å²) in [5, 5.41) is 33.5. The standard InChI is InChI=1S/C24H16N2O2/c27-25-13-23-19-9-15-5-1-2-6-16(15)10-20(19)24(14-26-28)22-12-18-8-4-3-7-17(18)11-21(22)23/h1-14,27-28H/b25-13-,26-14+. The van der Waals surface area contributed by atoms with Gasteiger partial charge in [-0.1, -0.05) is 58.8 Å². The summed E-state index contributed by atoms with van der Waals surface area (Å²) < 4.78 is 0. The maximum absolute atomic E-state index is 9.34. The molecule has 0 saturated carbocycles. The number of hydrogen-bond donors (Lipinski definition) is 2. The van der Waals surface area contributed by atoms with Gasteiger partial charge in [-0.05, 0) is 67.4 Å². The predicted molar refractivity (Wildman–Crippen MR) is 115 cm³/mol. The topological polar surface area (TPSA) is 65.2 Å². The molecule has 4 nitrogen and oxygen atoms in total. The van der Waals surface area contributed by atoms with Gasteiger partial charge in [0.05, 0.1) is 12.4 Å². The minimum atomic E-state index is 0.832. The summed E-state index contributed by atoms with van der Waals surface area (Å²) in [7, 11) is 0. The number of fused-ring (bicyclic) bond motifs is 4. The molecule has 0 aliphatic heterocycles. The van der Waals surface area contributed by atoms with Gasteiger partial charge in [0.25, 0.3) is 0 Å². The lowest BCUT2D eigenvalue weighted by Gasteiger charge is -2.14.